The van der Waals surface area contributed by atoms with E-state index in [1.807, 2.05) is 12.1 Å². The molecule has 0 radical (unpaired) electrons. The Hall–Kier alpha value is -2.77. The zero-order valence-corrected chi connectivity index (χ0v) is 13.1. The summed E-state index contributed by atoms with van der Waals surface area (Å²) in [5.74, 6) is -0.458. The summed E-state index contributed by atoms with van der Waals surface area (Å²) in [7, 11) is 0. The second-order valence-electron chi connectivity index (χ2n) is 5.11. The third-order valence-electron chi connectivity index (χ3n) is 3.43. The van der Waals surface area contributed by atoms with Crippen LogP contribution in [0.2, 0.25) is 0 Å². The van der Waals surface area contributed by atoms with E-state index in [1.165, 1.54) is 4.68 Å². The number of nitro groups is 1. The summed E-state index contributed by atoms with van der Waals surface area (Å²) in [6.07, 6.45) is 4.93. The molecule has 0 bridgehead atoms. The van der Waals surface area contributed by atoms with Crippen molar-refractivity contribution in [3.05, 3.63) is 51.6 Å². The molecule has 0 unspecified atom stereocenters. The fraction of sp³-hybridized carbons (Fsp3) is 0.400. The van der Waals surface area contributed by atoms with Gasteiger partial charge in [-0.15, -0.1) is 0 Å². The predicted octanol–water partition coefficient (Wildman–Crippen LogP) is 1.98. The minimum atomic E-state index is -0.492. The summed E-state index contributed by atoms with van der Waals surface area (Å²) in [4.78, 5) is 26.2. The summed E-state index contributed by atoms with van der Waals surface area (Å²) >= 11 is 0. The van der Waals surface area contributed by atoms with Gasteiger partial charge in [0.1, 0.15) is 17.9 Å². The van der Waals surface area contributed by atoms with Crippen LogP contribution in [0.15, 0.2) is 24.5 Å². The van der Waals surface area contributed by atoms with E-state index in [9.17, 15) is 14.9 Å². The lowest BCUT2D eigenvalue weighted by atomic mass is 10.1. The Morgan fingerprint density at radius 3 is 2.65 bits per heavy atom. The maximum atomic E-state index is 11.8. The number of ether oxygens (including phenoxy) is 1. The molecule has 2 rings (SSSR count). The van der Waals surface area contributed by atoms with E-state index >= 15 is 0 Å². The molecule has 23 heavy (non-hydrogen) atoms. The van der Waals surface area contributed by atoms with Crippen molar-refractivity contribution in [3.63, 3.8) is 0 Å². The Balaban J connectivity index is 1.81. The molecule has 8 heteroatoms. The summed E-state index contributed by atoms with van der Waals surface area (Å²) in [5.41, 5.74) is 1.71. The van der Waals surface area contributed by atoms with Crippen LogP contribution < -0.4 is 0 Å². The number of hydrogen-bond donors (Lipinski definition) is 0. The highest BCUT2D eigenvalue weighted by molar-refractivity contribution is 5.69. The number of pyridine rings is 1. The summed E-state index contributed by atoms with van der Waals surface area (Å²) < 4.78 is 6.45. The molecule has 0 saturated heterocycles. The van der Waals surface area contributed by atoms with Crippen LogP contribution in [0, 0.1) is 24.0 Å². The Morgan fingerprint density at radius 1 is 1.35 bits per heavy atom. The molecule has 0 fully saturated rings. The Morgan fingerprint density at radius 2 is 2.04 bits per heavy atom. The molecular formula is C15H18N4O4. The van der Waals surface area contributed by atoms with Gasteiger partial charge in [-0.05, 0) is 44.4 Å². The highest BCUT2D eigenvalue weighted by Crippen LogP contribution is 2.21. The molecule has 0 aliphatic carbocycles. The van der Waals surface area contributed by atoms with E-state index < -0.39 is 10.9 Å². The van der Waals surface area contributed by atoms with Gasteiger partial charge in [0.2, 0.25) is 0 Å². The maximum absolute atomic E-state index is 11.8. The van der Waals surface area contributed by atoms with Crippen molar-refractivity contribution in [2.24, 2.45) is 0 Å². The van der Waals surface area contributed by atoms with Crippen molar-refractivity contribution in [1.82, 2.24) is 14.8 Å². The average molecular weight is 318 g/mol. The van der Waals surface area contributed by atoms with Crippen molar-refractivity contribution >= 4 is 11.7 Å². The minimum absolute atomic E-state index is 0.0597. The van der Waals surface area contributed by atoms with Crippen LogP contribution >= 0.6 is 0 Å². The molecule has 0 N–H and O–H groups in total. The molecule has 2 heterocycles. The zero-order valence-electron chi connectivity index (χ0n) is 13.1. The van der Waals surface area contributed by atoms with Crippen LogP contribution in [0.25, 0.3) is 0 Å². The van der Waals surface area contributed by atoms with Crippen LogP contribution in [-0.4, -0.2) is 32.3 Å². The fourth-order valence-electron chi connectivity index (χ4n) is 2.29. The second kappa shape index (κ2) is 7.48. The number of carbonyl (C=O) groups excluding carboxylic acids is 1. The molecule has 0 aromatic carbocycles. The molecule has 0 aliphatic heterocycles. The van der Waals surface area contributed by atoms with E-state index in [0.29, 0.717) is 18.7 Å². The van der Waals surface area contributed by atoms with E-state index in [2.05, 4.69) is 10.1 Å². The highest BCUT2D eigenvalue weighted by Gasteiger charge is 2.22. The smallest absolute Gasteiger partial charge is 0.327 e. The number of aromatic nitrogens is 3. The van der Waals surface area contributed by atoms with Crippen LogP contribution in [0.5, 0.6) is 0 Å². The zero-order chi connectivity index (χ0) is 16.8. The van der Waals surface area contributed by atoms with Crippen molar-refractivity contribution in [2.45, 2.75) is 33.2 Å². The Labute approximate surface area is 133 Å². The molecule has 122 valence electrons. The Kier molecular flexibility index (Phi) is 5.40. The minimum Gasteiger partial charge on any atom is -0.464 e. The molecule has 2 aromatic rings. The van der Waals surface area contributed by atoms with Crippen molar-refractivity contribution in [3.8, 4) is 0 Å². The Bertz CT molecular complexity index is 697. The number of nitrogens with zero attached hydrogens (tertiary/aromatic N) is 4. The SMILES string of the molecule is Cc1nn(CC(=O)OCCCc2ccncc2)c(C)c1[N+](=O)[O-]. The van der Waals surface area contributed by atoms with Gasteiger partial charge < -0.3 is 4.74 Å². The van der Waals surface area contributed by atoms with E-state index in [-0.39, 0.29) is 17.9 Å². The molecule has 2 aromatic heterocycles. The van der Waals surface area contributed by atoms with Gasteiger partial charge >= 0.3 is 11.7 Å². The molecular weight excluding hydrogens is 300 g/mol. The van der Waals surface area contributed by atoms with Crippen molar-refractivity contribution in [2.75, 3.05) is 6.61 Å². The molecule has 0 aliphatic rings. The number of aryl methyl sites for hydroxylation is 2. The van der Waals surface area contributed by atoms with Gasteiger partial charge in [0.15, 0.2) is 0 Å². The summed E-state index contributed by atoms with van der Waals surface area (Å²) in [5, 5.41) is 14.9. The van der Waals surface area contributed by atoms with E-state index in [1.54, 1.807) is 26.2 Å². The normalized spacial score (nSPS) is 10.5. The predicted molar refractivity (Wildman–Crippen MR) is 81.9 cm³/mol. The standard InChI is InChI=1S/C15H18N4O4/c1-11-15(19(21)22)12(2)18(17-11)10-14(20)23-9-3-4-13-5-7-16-8-6-13/h5-8H,3-4,9-10H2,1-2H3. The van der Waals surface area contributed by atoms with Gasteiger partial charge in [-0.1, -0.05) is 0 Å². The van der Waals surface area contributed by atoms with Crippen molar-refractivity contribution in [1.29, 1.82) is 0 Å². The number of rotatable bonds is 7. The van der Waals surface area contributed by atoms with E-state index in [0.717, 1.165) is 12.0 Å². The maximum Gasteiger partial charge on any atom is 0.327 e. The third-order valence-corrected chi connectivity index (χ3v) is 3.43. The van der Waals surface area contributed by atoms with Gasteiger partial charge in [0, 0.05) is 12.4 Å². The fourth-order valence-corrected chi connectivity index (χ4v) is 2.29. The second-order valence-corrected chi connectivity index (χ2v) is 5.11. The lowest BCUT2D eigenvalue weighted by Crippen LogP contribution is -2.16. The summed E-state index contributed by atoms with van der Waals surface area (Å²) in [6.45, 7) is 3.27. The average Bonchev–Trinajstić information content (AvgIpc) is 2.79. The van der Waals surface area contributed by atoms with Crippen LogP contribution in [0.1, 0.15) is 23.4 Å². The van der Waals surface area contributed by atoms with Gasteiger partial charge in [-0.2, -0.15) is 5.10 Å². The first-order valence-electron chi connectivity index (χ1n) is 7.22. The lowest BCUT2D eigenvalue weighted by molar-refractivity contribution is -0.386. The molecule has 8 nitrogen and oxygen atoms in total. The largest absolute Gasteiger partial charge is 0.464 e. The number of hydrogen-bond acceptors (Lipinski definition) is 6. The summed E-state index contributed by atoms with van der Waals surface area (Å²) in [6, 6.07) is 3.83. The van der Waals surface area contributed by atoms with Gasteiger partial charge in [-0.3, -0.25) is 24.6 Å². The van der Waals surface area contributed by atoms with Gasteiger partial charge in [-0.25, -0.2) is 0 Å². The molecule has 0 saturated carbocycles. The first-order valence-corrected chi connectivity index (χ1v) is 7.22. The highest BCUT2D eigenvalue weighted by atomic mass is 16.6. The quantitative estimate of drug-likeness (QED) is 0.335. The number of carbonyl (C=O) groups is 1. The van der Waals surface area contributed by atoms with Gasteiger partial charge in [0.05, 0.1) is 11.5 Å². The van der Waals surface area contributed by atoms with Crippen LogP contribution in [0.4, 0.5) is 5.69 Å². The molecule has 0 atom stereocenters. The lowest BCUT2D eigenvalue weighted by Gasteiger charge is -2.06. The van der Waals surface area contributed by atoms with E-state index in [4.69, 9.17) is 4.74 Å². The first kappa shape index (κ1) is 16.6. The first-order chi connectivity index (χ1) is 11.0. The number of esters is 1. The van der Waals surface area contributed by atoms with Crippen LogP contribution in [0.3, 0.4) is 0 Å². The third kappa shape index (κ3) is 4.35. The topological polar surface area (TPSA) is 100 Å². The monoisotopic (exact) mass is 318 g/mol. The molecule has 0 amide bonds. The van der Waals surface area contributed by atoms with Crippen LogP contribution in [-0.2, 0) is 22.5 Å². The van der Waals surface area contributed by atoms with Crippen molar-refractivity contribution < 1.29 is 14.5 Å². The molecule has 0 spiro atoms. The van der Waals surface area contributed by atoms with Gasteiger partial charge in [0.25, 0.3) is 0 Å².